The van der Waals surface area contributed by atoms with Crippen LogP contribution in [0, 0.1) is 0 Å². The Bertz CT molecular complexity index is 1390. The maximum atomic E-state index is 12.4. The Balaban J connectivity index is 1.47. The molecule has 0 aliphatic carbocycles. The van der Waals surface area contributed by atoms with Gasteiger partial charge in [-0.1, -0.05) is 42.5 Å². The third-order valence-corrected chi connectivity index (χ3v) is 4.59. The Morgan fingerprint density at radius 1 is 0.839 bits per heavy atom. The van der Waals surface area contributed by atoms with Gasteiger partial charge in [-0.25, -0.2) is 0 Å². The second-order valence-electron chi connectivity index (χ2n) is 6.75. The zero-order valence-corrected chi connectivity index (χ0v) is 16.2. The molecule has 0 bridgehead atoms. The highest BCUT2D eigenvalue weighted by atomic mass is 16.3. The van der Waals surface area contributed by atoms with Crippen LogP contribution in [0.5, 0.6) is 0 Å². The highest BCUT2D eigenvalue weighted by Gasteiger charge is 2.14. The maximum Gasteiger partial charge on any atom is 0.305 e. The summed E-state index contributed by atoms with van der Waals surface area (Å²) in [5.74, 6) is -1.65. The molecule has 0 unspecified atom stereocenters. The van der Waals surface area contributed by atoms with E-state index in [9.17, 15) is 19.2 Å². The zero-order valence-electron chi connectivity index (χ0n) is 16.2. The molecule has 0 saturated carbocycles. The van der Waals surface area contributed by atoms with Crippen LogP contribution in [-0.2, 0) is 6.54 Å². The van der Waals surface area contributed by atoms with Crippen LogP contribution in [-0.4, -0.2) is 16.4 Å². The summed E-state index contributed by atoms with van der Waals surface area (Å²) < 4.78 is 6.83. The number of fused-ring (bicyclic) bond motifs is 1. The van der Waals surface area contributed by atoms with E-state index in [1.165, 1.54) is 22.9 Å². The van der Waals surface area contributed by atoms with Crippen LogP contribution in [0.2, 0.25) is 0 Å². The Hall–Kier alpha value is -4.46. The van der Waals surface area contributed by atoms with Gasteiger partial charge in [0.1, 0.15) is 5.58 Å². The topological polar surface area (TPSA) is 110 Å². The van der Waals surface area contributed by atoms with E-state index in [1.807, 2.05) is 30.3 Å². The van der Waals surface area contributed by atoms with E-state index in [4.69, 9.17) is 4.42 Å². The van der Waals surface area contributed by atoms with Crippen molar-refractivity contribution in [2.75, 3.05) is 0 Å². The van der Waals surface area contributed by atoms with E-state index < -0.39 is 11.8 Å². The number of hydrogen-bond acceptors (Lipinski definition) is 5. The molecule has 2 N–H and O–H groups in total. The molecule has 2 aromatic carbocycles. The first-order chi connectivity index (χ1) is 15.0. The van der Waals surface area contributed by atoms with Crippen LogP contribution in [0.25, 0.3) is 11.0 Å². The van der Waals surface area contributed by atoms with E-state index in [2.05, 4.69) is 10.9 Å². The summed E-state index contributed by atoms with van der Waals surface area (Å²) in [5, 5.41) is 0.351. The quantitative estimate of drug-likeness (QED) is 0.496. The monoisotopic (exact) mass is 415 g/mol. The van der Waals surface area contributed by atoms with Gasteiger partial charge in [0.15, 0.2) is 11.2 Å². The lowest BCUT2D eigenvalue weighted by molar-refractivity contribution is 0.0831. The van der Waals surface area contributed by atoms with Crippen molar-refractivity contribution >= 4 is 22.8 Å². The number of aromatic nitrogens is 1. The summed E-state index contributed by atoms with van der Waals surface area (Å²) in [7, 11) is 0. The average molecular weight is 415 g/mol. The van der Waals surface area contributed by atoms with Crippen LogP contribution in [0.3, 0.4) is 0 Å². The number of nitrogens with one attached hydrogen (secondary N) is 2. The van der Waals surface area contributed by atoms with Crippen molar-refractivity contribution in [2.45, 2.75) is 6.54 Å². The molecule has 8 heteroatoms. The molecule has 0 aliphatic rings. The molecule has 0 atom stereocenters. The second kappa shape index (κ2) is 8.50. The minimum atomic E-state index is -0.784. The lowest BCUT2D eigenvalue weighted by Crippen LogP contribution is -2.42. The summed E-state index contributed by atoms with van der Waals surface area (Å²) in [6.45, 7) is 0.301. The number of nitrogens with zero attached hydrogens (tertiary/aromatic N) is 1. The molecule has 31 heavy (non-hydrogen) atoms. The number of rotatable bonds is 4. The molecule has 0 saturated heterocycles. The fourth-order valence-electron chi connectivity index (χ4n) is 3.03. The Morgan fingerprint density at radius 2 is 1.55 bits per heavy atom. The zero-order chi connectivity index (χ0) is 21.8. The van der Waals surface area contributed by atoms with Crippen LogP contribution >= 0.6 is 0 Å². The molecule has 0 fully saturated rings. The van der Waals surface area contributed by atoms with Crippen LogP contribution < -0.4 is 21.8 Å². The minimum absolute atomic E-state index is 0.177. The second-order valence-corrected chi connectivity index (χ2v) is 6.75. The number of amides is 2. The van der Waals surface area contributed by atoms with Crippen LogP contribution in [0.4, 0.5) is 0 Å². The maximum absolute atomic E-state index is 12.4. The van der Waals surface area contributed by atoms with Gasteiger partial charge in [-0.3, -0.25) is 30.0 Å². The molecule has 154 valence electrons. The third-order valence-electron chi connectivity index (χ3n) is 4.59. The van der Waals surface area contributed by atoms with E-state index in [-0.39, 0.29) is 27.9 Å². The lowest BCUT2D eigenvalue weighted by Gasteiger charge is -2.10. The van der Waals surface area contributed by atoms with Crippen LogP contribution in [0.15, 0.2) is 93.0 Å². The SMILES string of the molecule is O=C(NNC(=O)c1cc(=O)c2ccccc2o1)c1ccc(=O)n(Cc2ccccc2)c1. The van der Waals surface area contributed by atoms with Crippen molar-refractivity contribution < 1.29 is 14.0 Å². The number of carbonyl (C=O) groups excluding carboxylic acids is 2. The van der Waals surface area contributed by atoms with Crippen molar-refractivity contribution in [3.8, 4) is 0 Å². The van der Waals surface area contributed by atoms with Gasteiger partial charge in [-0.2, -0.15) is 0 Å². The first kappa shape index (κ1) is 19.8. The van der Waals surface area contributed by atoms with Crippen molar-refractivity contribution in [2.24, 2.45) is 0 Å². The predicted octanol–water partition coefficient (Wildman–Crippen LogP) is 2.08. The van der Waals surface area contributed by atoms with Gasteiger partial charge in [-0.15, -0.1) is 0 Å². The summed E-state index contributed by atoms with van der Waals surface area (Å²) in [5.41, 5.74) is 5.19. The van der Waals surface area contributed by atoms with Crippen molar-refractivity contribution in [1.82, 2.24) is 15.4 Å². The fraction of sp³-hybridized carbons (Fsp3) is 0.0435. The summed E-state index contributed by atoms with van der Waals surface area (Å²) in [4.78, 5) is 49.0. The molecule has 0 radical (unpaired) electrons. The minimum Gasteiger partial charge on any atom is -0.451 e. The Labute approximate surface area is 175 Å². The smallest absolute Gasteiger partial charge is 0.305 e. The molecule has 4 rings (SSSR count). The van der Waals surface area contributed by atoms with E-state index >= 15 is 0 Å². The predicted molar refractivity (Wildman–Crippen MR) is 114 cm³/mol. The molecule has 2 amide bonds. The number of carbonyl (C=O) groups is 2. The molecule has 8 nitrogen and oxygen atoms in total. The number of hydrogen-bond donors (Lipinski definition) is 2. The summed E-state index contributed by atoms with van der Waals surface area (Å²) >= 11 is 0. The number of pyridine rings is 1. The fourth-order valence-corrected chi connectivity index (χ4v) is 3.03. The molecule has 2 heterocycles. The highest BCUT2D eigenvalue weighted by molar-refractivity contribution is 5.98. The molecular formula is C23H17N3O5. The molecule has 0 spiro atoms. The normalized spacial score (nSPS) is 10.6. The number of hydrazine groups is 1. The average Bonchev–Trinajstić information content (AvgIpc) is 2.79. The van der Waals surface area contributed by atoms with E-state index in [0.29, 0.717) is 11.9 Å². The number of para-hydroxylation sites is 1. The first-order valence-electron chi connectivity index (χ1n) is 9.39. The van der Waals surface area contributed by atoms with Crippen LogP contribution in [0.1, 0.15) is 26.5 Å². The van der Waals surface area contributed by atoms with Crippen molar-refractivity contribution in [1.29, 1.82) is 0 Å². The summed E-state index contributed by atoms with van der Waals surface area (Å²) in [6, 6.07) is 19.6. The van der Waals surface area contributed by atoms with Gasteiger partial charge in [0.05, 0.1) is 17.5 Å². The Morgan fingerprint density at radius 3 is 2.35 bits per heavy atom. The van der Waals surface area contributed by atoms with Crippen molar-refractivity contribution in [3.63, 3.8) is 0 Å². The van der Waals surface area contributed by atoms with E-state index in [1.54, 1.807) is 24.3 Å². The van der Waals surface area contributed by atoms with Gasteiger partial charge < -0.3 is 8.98 Å². The standard InChI is InChI=1S/C23H17N3O5/c27-18-12-20(31-19-9-5-4-8-17(18)19)23(30)25-24-22(29)16-10-11-21(28)26(14-16)13-15-6-2-1-3-7-15/h1-12,14H,13H2,(H,24,29)(H,25,30). The summed E-state index contributed by atoms with van der Waals surface area (Å²) in [6.07, 6.45) is 1.41. The van der Waals surface area contributed by atoms with Gasteiger partial charge in [-0.05, 0) is 23.8 Å². The van der Waals surface area contributed by atoms with Gasteiger partial charge in [0.25, 0.3) is 11.5 Å². The van der Waals surface area contributed by atoms with Crippen molar-refractivity contribution in [3.05, 3.63) is 116 Å². The Kier molecular flexibility index (Phi) is 5.44. The number of benzene rings is 2. The largest absolute Gasteiger partial charge is 0.451 e. The van der Waals surface area contributed by atoms with Gasteiger partial charge >= 0.3 is 5.91 Å². The molecule has 4 aromatic rings. The van der Waals surface area contributed by atoms with Gasteiger partial charge in [0.2, 0.25) is 0 Å². The first-order valence-corrected chi connectivity index (χ1v) is 9.39. The third kappa shape index (κ3) is 4.43. The lowest BCUT2D eigenvalue weighted by atomic mass is 10.2. The van der Waals surface area contributed by atoms with E-state index in [0.717, 1.165) is 11.6 Å². The highest BCUT2D eigenvalue weighted by Crippen LogP contribution is 2.11. The van der Waals surface area contributed by atoms with Gasteiger partial charge in [0, 0.05) is 18.3 Å². The molecule has 2 aromatic heterocycles. The molecular weight excluding hydrogens is 398 g/mol. The molecule has 0 aliphatic heterocycles.